The predicted molar refractivity (Wildman–Crippen MR) is 30.0 cm³/mol. The Hall–Kier alpha value is -0.0700. The van der Waals surface area contributed by atoms with Crippen molar-refractivity contribution in [2.75, 3.05) is 6.61 Å². The van der Waals surface area contributed by atoms with Crippen molar-refractivity contribution in [2.45, 2.75) is 11.2 Å². The molecule has 0 aromatic rings. The second-order valence-corrected chi connectivity index (χ2v) is 2.44. The normalized spacial score (nSPS) is 12.7. The molecule has 0 radical (unpaired) electrons. The Morgan fingerprint density at radius 3 is 2.57 bits per heavy atom. The van der Waals surface area contributed by atoms with E-state index in [1.54, 1.807) is 0 Å². The second kappa shape index (κ2) is 4.10. The summed E-state index contributed by atoms with van der Waals surface area (Å²) >= 11 is 3.06. The van der Waals surface area contributed by atoms with Gasteiger partial charge in [-0.3, -0.25) is 0 Å². The van der Waals surface area contributed by atoms with Crippen LogP contribution in [0, 0.1) is 11.3 Å². The Kier molecular flexibility index (Phi) is 4.06. The molecule has 0 bridgehead atoms. The third-order valence-corrected chi connectivity index (χ3v) is 1.12. The highest BCUT2D eigenvalue weighted by molar-refractivity contribution is 9.09. The van der Waals surface area contributed by atoms with Crippen LogP contribution in [-0.4, -0.2) is 16.5 Å². The molecular weight excluding hydrogens is 158 g/mol. The molecule has 0 saturated carbocycles. The van der Waals surface area contributed by atoms with Gasteiger partial charge in [-0.1, -0.05) is 15.9 Å². The number of aliphatic hydroxyl groups is 1. The monoisotopic (exact) mass is 163 g/mol. The first kappa shape index (κ1) is 6.93. The van der Waals surface area contributed by atoms with Crippen LogP contribution in [0.25, 0.3) is 0 Å². The maximum Gasteiger partial charge on any atom is 0.0634 e. The number of halogens is 1. The fourth-order valence-corrected chi connectivity index (χ4v) is 0.308. The maximum absolute atomic E-state index is 8.27. The summed E-state index contributed by atoms with van der Waals surface area (Å²) in [6.07, 6.45) is 0.372. The summed E-state index contributed by atoms with van der Waals surface area (Å²) in [7, 11) is 0. The Labute approximate surface area is 50.9 Å². The molecule has 0 aromatic heterocycles. The van der Waals surface area contributed by atoms with Crippen LogP contribution in [0.15, 0.2) is 0 Å². The molecular formula is C4H6BrNO. The average Bonchev–Trinajstić information content (AvgIpc) is 1.68. The molecule has 0 unspecified atom stereocenters. The number of nitrogens with zero attached hydrogens (tertiary/aromatic N) is 1. The van der Waals surface area contributed by atoms with Gasteiger partial charge in [0.05, 0.1) is 17.5 Å². The summed E-state index contributed by atoms with van der Waals surface area (Å²) in [5.41, 5.74) is 0. The SMILES string of the molecule is N#CC[C@H](Br)CO. The van der Waals surface area contributed by atoms with E-state index in [1.165, 1.54) is 0 Å². The van der Waals surface area contributed by atoms with Crippen molar-refractivity contribution in [1.82, 2.24) is 0 Å². The molecule has 2 nitrogen and oxygen atoms in total. The zero-order chi connectivity index (χ0) is 5.70. The zero-order valence-corrected chi connectivity index (χ0v) is 5.35. The van der Waals surface area contributed by atoms with Crippen LogP contribution in [0.5, 0.6) is 0 Å². The smallest absolute Gasteiger partial charge is 0.0634 e. The number of rotatable bonds is 2. The van der Waals surface area contributed by atoms with E-state index in [1.807, 2.05) is 6.07 Å². The van der Waals surface area contributed by atoms with Crippen LogP contribution in [0.3, 0.4) is 0 Å². The fourth-order valence-electron chi connectivity index (χ4n) is 0.164. The van der Waals surface area contributed by atoms with Gasteiger partial charge >= 0.3 is 0 Å². The lowest BCUT2D eigenvalue weighted by atomic mass is 10.3. The van der Waals surface area contributed by atoms with E-state index in [0.717, 1.165) is 0 Å². The van der Waals surface area contributed by atoms with E-state index in [-0.39, 0.29) is 11.4 Å². The lowest BCUT2D eigenvalue weighted by Gasteiger charge is -1.93. The van der Waals surface area contributed by atoms with Gasteiger partial charge in [-0.15, -0.1) is 0 Å². The lowest BCUT2D eigenvalue weighted by molar-refractivity contribution is 0.297. The summed E-state index contributed by atoms with van der Waals surface area (Å²) in [6.45, 7) is 0.0353. The Bertz CT molecular complexity index is 78.2. The van der Waals surface area contributed by atoms with Gasteiger partial charge in [0.25, 0.3) is 0 Å². The molecule has 0 rings (SSSR count). The first-order chi connectivity index (χ1) is 3.31. The van der Waals surface area contributed by atoms with E-state index in [0.29, 0.717) is 6.42 Å². The van der Waals surface area contributed by atoms with Crippen LogP contribution < -0.4 is 0 Å². The highest BCUT2D eigenvalue weighted by Crippen LogP contribution is 2.00. The molecule has 0 aliphatic carbocycles. The summed E-state index contributed by atoms with van der Waals surface area (Å²) in [5.74, 6) is 0. The van der Waals surface area contributed by atoms with Crippen LogP contribution in [0.2, 0.25) is 0 Å². The average molecular weight is 164 g/mol. The number of hydrogen-bond donors (Lipinski definition) is 1. The summed E-state index contributed by atoms with van der Waals surface area (Å²) < 4.78 is 0. The molecule has 0 aliphatic heterocycles. The highest BCUT2D eigenvalue weighted by Gasteiger charge is 1.96. The van der Waals surface area contributed by atoms with Gasteiger partial charge in [-0.25, -0.2) is 0 Å². The molecule has 1 N–H and O–H groups in total. The molecule has 0 aromatic carbocycles. The predicted octanol–water partition coefficient (Wildman–Crippen LogP) is 0.656. The summed E-state index contributed by atoms with van der Waals surface area (Å²) in [6, 6.07) is 1.91. The standard InChI is InChI=1S/C4H6BrNO/c5-4(3-7)1-2-6/h4,7H,1,3H2/t4-/m0/s1. The van der Waals surface area contributed by atoms with E-state index >= 15 is 0 Å². The van der Waals surface area contributed by atoms with Crippen molar-refractivity contribution in [2.24, 2.45) is 0 Å². The first-order valence-electron chi connectivity index (χ1n) is 1.93. The van der Waals surface area contributed by atoms with Crippen molar-refractivity contribution in [1.29, 1.82) is 5.26 Å². The first-order valence-corrected chi connectivity index (χ1v) is 2.84. The Morgan fingerprint density at radius 1 is 1.86 bits per heavy atom. The third kappa shape index (κ3) is 3.77. The van der Waals surface area contributed by atoms with Gasteiger partial charge in [0.1, 0.15) is 0 Å². The van der Waals surface area contributed by atoms with Crippen molar-refractivity contribution in [3.05, 3.63) is 0 Å². The zero-order valence-electron chi connectivity index (χ0n) is 3.76. The largest absolute Gasteiger partial charge is 0.395 e. The van der Waals surface area contributed by atoms with E-state index in [9.17, 15) is 0 Å². The topological polar surface area (TPSA) is 44.0 Å². The quantitative estimate of drug-likeness (QED) is 0.609. The van der Waals surface area contributed by atoms with E-state index < -0.39 is 0 Å². The molecule has 0 spiro atoms. The number of aliphatic hydroxyl groups excluding tert-OH is 1. The lowest BCUT2D eigenvalue weighted by Crippen LogP contribution is -2.00. The minimum atomic E-state index is -0.0440. The molecule has 40 valence electrons. The van der Waals surface area contributed by atoms with E-state index in [4.69, 9.17) is 10.4 Å². The van der Waals surface area contributed by atoms with Crippen LogP contribution in [0.4, 0.5) is 0 Å². The minimum Gasteiger partial charge on any atom is -0.395 e. The van der Waals surface area contributed by atoms with Crippen molar-refractivity contribution in [3.63, 3.8) is 0 Å². The highest BCUT2D eigenvalue weighted by atomic mass is 79.9. The van der Waals surface area contributed by atoms with Gasteiger partial charge in [-0.05, 0) is 0 Å². The van der Waals surface area contributed by atoms with Crippen LogP contribution in [0.1, 0.15) is 6.42 Å². The molecule has 0 fully saturated rings. The van der Waals surface area contributed by atoms with Gasteiger partial charge in [0, 0.05) is 6.42 Å². The fraction of sp³-hybridized carbons (Fsp3) is 0.750. The summed E-state index contributed by atoms with van der Waals surface area (Å²) in [5, 5.41) is 16.2. The van der Waals surface area contributed by atoms with Gasteiger partial charge < -0.3 is 5.11 Å². The van der Waals surface area contributed by atoms with Crippen molar-refractivity contribution in [3.8, 4) is 6.07 Å². The van der Waals surface area contributed by atoms with Crippen molar-refractivity contribution < 1.29 is 5.11 Å². The van der Waals surface area contributed by atoms with Crippen LogP contribution in [-0.2, 0) is 0 Å². The molecule has 0 amide bonds. The second-order valence-electron chi connectivity index (χ2n) is 1.14. The van der Waals surface area contributed by atoms with Crippen molar-refractivity contribution >= 4 is 15.9 Å². The molecule has 3 heteroatoms. The number of hydrogen-bond acceptors (Lipinski definition) is 2. The van der Waals surface area contributed by atoms with Gasteiger partial charge in [0.2, 0.25) is 0 Å². The van der Waals surface area contributed by atoms with Gasteiger partial charge in [-0.2, -0.15) is 5.26 Å². The minimum absolute atomic E-state index is 0.0353. The Balaban J connectivity index is 3.03. The van der Waals surface area contributed by atoms with Crippen LogP contribution >= 0.6 is 15.9 Å². The van der Waals surface area contributed by atoms with E-state index in [2.05, 4.69) is 15.9 Å². The molecule has 0 aliphatic rings. The third-order valence-electron chi connectivity index (χ3n) is 0.511. The number of nitriles is 1. The van der Waals surface area contributed by atoms with Gasteiger partial charge in [0.15, 0.2) is 0 Å². The number of alkyl halides is 1. The maximum atomic E-state index is 8.27. The molecule has 1 atom stereocenters. The molecule has 7 heavy (non-hydrogen) atoms. The summed E-state index contributed by atoms with van der Waals surface area (Å²) in [4.78, 5) is -0.0440. The molecule has 0 heterocycles. The Morgan fingerprint density at radius 2 is 2.43 bits per heavy atom. The molecule has 0 saturated heterocycles.